The maximum Gasteiger partial charge on any atom is 0.320 e. The van der Waals surface area contributed by atoms with Gasteiger partial charge in [0.2, 0.25) is 0 Å². The quantitative estimate of drug-likeness (QED) is 0.717. The number of carbonyl (C=O) groups excluding carboxylic acids is 2. The zero-order chi connectivity index (χ0) is 13.1. The minimum atomic E-state index is 0.0601. The van der Waals surface area contributed by atoms with Crippen LogP contribution in [0.3, 0.4) is 0 Å². The van der Waals surface area contributed by atoms with Gasteiger partial charge in [0, 0.05) is 38.5 Å². The van der Waals surface area contributed by atoms with Crippen molar-refractivity contribution in [1.82, 2.24) is 9.80 Å². The number of hydrogen-bond acceptors (Lipinski definition) is 2. The number of ketones is 1. The number of carbonyl (C=O) groups is 2. The number of urea groups is 1. The second kappa shape index (κ2) is 5.72. The molecule has 0 N–H and O–H groups in total. The van der Waals surface area contributed by atoms with Crippen LogP contribution in [0.15, 0.2) is 0 Å². The number of piperidine rings is 2. The molecule has 2 atom stereocenters. The summed E-state index contributed by atoms with van der Waals surface area (Å²) in [5, 5.41) is 0. The van der Waals surface area contributed by atoms with Crippen LogP contribution in [0, 0.1) is 11.8 Å². The Labute approximate surface area is 109 Å². The fraction of sp³-hybridized carbons (Fsp3) is 0.857. The zero-order valence-corrected chi connectivity index (χ0v) is 11.5. The average Bonchev–Trinajstić information content (AvgIpc) is 2.38. The van der Waals surface area contributed by atoms with Crippen molar-refractivity contribution < 1.29 is 9.59 Å². The molecule has 0 aromatic rings. The van der Waals surface area contributed by atoms with Gasteiger partial charge in [0.1, 0.15) is 5.78 Å². The third-order valence-corrected chi connectivity index (χ3v) is 4.22. The molecule has 2 saturated heterocycles. The molecule has 2 amide bonds. The van der Waals surface area contributed by atoms with Gasteiger partial charge in [-0.15, -0.1) is 0 Å². The van der Waals surface area contributed by atoms with Crippen LogP contribution in [0.2, 0.25) is 0 Å². The summed E-state index contributed by atoms with van der Waals surface area (Å²) in [5.41, 5.74) is 0. The van der Waals surface area contributed by atoms with Crippen molar-refractivity contribution in [3.63, 3.8) is 0 Å². The second-order valence-electron chi connectivity index (χ2n) is 5.74. The molecule has 2 rings (SSSR count). The van der Waals surface area contributed by atoms with Crippen LogP contribution in [0.5, 0.6) is 0 Å². The number of amides is 2. The fourth-order valence-electron chi connectivity index (χ4n) is 3.00. The maximum atomic E-state index is 12.4. The normalized spacial score (nSPS) is 29.6. The molecule has 0 aromatic heterocycles. The summed E-state index contributed by atoms with van der Waals surface area (Å²) in [6.07, 6.45) is 3.71. The van der Waals surface area contributed by atoms with E-state index < -0.39 is 0 Å². The smallest absolute Gasteiger partial charge is 0.320 e. The molecule has 4 nitrogen and oxygen atoms in total. The van der Waals surface area contributed by atoms with Crippen molar-refractivity contribution in [1.29, 1.82) is 0 Å². The molecule has 0 spiro atoms. The van der Waals surface area contributed by atoms with Gasteiger partial charge in [0.15, 0.2) is 0 Å². The Bertz CT molecular complexity index is 330. The van der Waals surface area contributed by atoms with E-state index >= 15 is 0 Å². The van der Waals surface area contributed by atoms with Crippen LogP contribution < -0.4 is 0 Å². The van der Waals surface area contributed by atoms with Gasteiger partial charge in [-0.1, -0.05) is 13.8 Å². The van der Waals surface area contributed by atoms with Crippen LogP contribution in [-0.4, -0.2) is 47.8 Å². The Hall–Kier alpha value is -1.06. The molecule has 4 heteroatoms. The summed E-state index contributed by atoms with van der Waals surface area (Å²) in [4.78, 5) is 27.9. The van der Waals surface area contributed by atoms with E-state index in [1.165, 1.54) is 6.42 Å². The highest BCUT2D eigenvalue weighted by Gasteiger charge is 2.32. The maximum absolute atomic E-state index is 12.4. The Morgan fingerprint density at radius 1 is 1.28 bits per heavy atom. The molecule has 0 aromatic carbocycles. The van der Waals surface area contributed by atoms with Crippen LogP contribution in [0.1, 0.15) is 39.5 Å². The van der Waals surface area contributed by atoms with Gasteiger partial charge in [-0.3, -0.25) is 4.79 Å². The first-order valence-electron chi connectivity index (χ1n) is 7.18. The van der Waals surface area contributed by atoms with E-state index in [-0.39, 0.29) is 11.9 Å². The molecule has 0 radical (unpaired) electrons. The molecule has 2 fully saturated rings. The number of hydrogen-bond donors (Lipinski definition) is 0. The SMILES string of the molecule is CCC1CN(C(=O)N2CCCC(C)C2)CCC1=O. The Morgan fingerprint density at radius 2 is 2.00 bits per heavy atom. The summed E-state index contributed by atoms with van der Waals surface area (Å²) in [6, 6.07) is 0.146. The molecular weight excluding hydrogens is 228 g/mol. The molecule has 0 bridgehead atoms. The highest BCUT2D eigenvalue weighted by molar-refractivity contribution is 5.84. The minimum Gasteiger partial charge on any atom is -0.324 e. The van der Waals surface area contributed by atoms with Crippen LogP contribution >= 0.6 is 0 Å². The lowest BCUT2D eigenvalue weighted by molar-refractivity contribution is -0.125. The van der Waals surface area contributed by atoms with E-state index in [1.807, 2.05) is 16.7 Å². The predicted octanol–water partition coefficient (Wildman–Crippen LogP) is 2.14. The number of Topliss-reactive ketones (excluding diaryl/α,β-unsaturated/α-hetero) is 1. The highest BCUT2D eigenvalue weighted by Crippen LogP contribution is 2.21. The Balaban J connectivity index is 1.94. The second-order valence-corrected chi connectivity index (χ2v) is 5.74. The molecule has 18 heavy (non-hydrogen) atoms. The van der Waals surface area contributed by atoms with Crippen molar-refractivity contribution in [3.05, 3.63) is 0 Å². The predicted molar refractivity (Wildman–Crippen MR) is 70.3 cm³/mol. The fourth-order valence-corrected chi connectivity index (χ4v) is 3.00. The lowest BCUT2D eigenvalue weighted by Crippen LogP contribution is -2.51. The lowest BCUT2D eigenvalue weighted by atomic mass is 9.94. The summed E-state index contributed by atoms with van der Waals surface area (Å²) in [7, 11) is 0. The summed E-state index contributed by atoms with van der Waals surface area (Å²) in [6.45, 7) is 7.22. The van der Waals surface area contributed by atoms with E-state index in [1.54, 1.807) is 0 Å². The summed E-state index contributed by atoms with van der Waals surface area (Å²) in [5.74, 6) is 0.995. The van der Waals surface area contributed by atoms with E-state index in [4.69, 9.17) is 0 Å². The van der Waals surface area contributed by atoms with Crippen LogP contribution in [0.25, 0.3) is 0 Å². The minimum absolute atomic E-state index is 0.0601. The first kappa shape index (κ1) is 13.4. The first-order valence-corrected chi connectivity index (χ1v) is 7.18. The van der Waals surface area contributed by atoms with Gasteiger partial charge < -0.3 is 9.80 Å². The molecule has 2 aliphatic rings. The van der Waals surface area contributed by atoms with E-state index in [9.17, 15) is 9.59 Å². The van der Waals surface area contributed by atoms with Gasteiger partial charge >= 0.3 is 6.03 Å². The van der Waals surface area contributed by atoms with Crippen molar-refractivity contribution in [3.8, 4) is 0 Å². The van der Waals surface area contributed by atoms with Crippen molar-refractivity contribution in [2.24, 2.45) is 11.8 Å². The van der Waals surface area contributed by atoms with E-state index in [2.05, 4.69) is 6.92 Å². The number of rotatable bonds is 1. The average molecular weight is 252 g/mol. The van der Waals surface area contributed by atoms with Crippen molar-refractivity contribution in [2.45, 2.75) is 39.5 Å². The monoisotopic (exact) mass is 252 g/mol. The van der Waals surface area contributed by atoms with Gasteiger partial charge in [-0.05, 0) is 25.2 Å². The zero-order valence-electron chi connectivity index (χ0n) is 11.5. The van der Waals surface area contributed by atoms with Crippen molar-refractivity contribution >= 4 is 11.8 Å². The van der Waals surface area contributed by atoms with Gasteiger partial charge in [-0.2, -0.15) is 0 Å². The first-order chi connectivity index (χ1) is 8.61. The molecule has 0 saturated carbocycles. The molecule has 2 unspecified atom stereocenters. The highest BCUT2D eigenvalue weighted by atomic mass is 16.2. The molecule has 102 valence electrons. The number of likely N-dealkylation sites (tertiary alicyclic amines) is 2. The molecular formula is C14H24N2O2. The molecule has 2 aliphatic heterocycles. The molecule has 2 heterocycles. The third-order valence-electron chi connectivity index (χ3n) is 4.22. The Kier molecular flexibility index (Phi) is 4.25. The van der Waals surface area contributed by atoms with Crippen LogP contribution in [-0.2, 0) is 4.79 Å². The topological polar surface area (TPSA) is 40.6 Å². The Morgan fingerprint density at radius 3 is 2.67 bits per heavy atom. The van der Waals surface area contributed by atoms with Crippen LogP contribution in [0.4, 0.5) is 4.79 Å². The lowest BCUT2D eigenvalue weighted by Gasteiger charge is -2.38. The largest absolute Gasteiger partial charge is 0.324 e. The van der Waals surface area contributed by atoms with Gasteiger partial charge in [0.05, 0.1) is 0 Å². The summed E-state index contributed by atoms with van der Waals surface area (Å²) < 4.78 is 0. The standard InChI is InChI=1S/C14H24N2O2/c1-3-12-10-16(8-6-13(12)17)14(18)15-7-4-5-11(2)9-15/h11-12H,3-10H2,1-2H3. The third kappa shape index (κ3) is 2.85. The molecule has 0 aliphatic carbocycles. The summed E-state index contributed by atoms with van der Waals surface area (Å²) >= 11 is 0. The van der Waals surface area contributed by atoms with Gasteiger partial charge in [0.25, 0.3) is 0 Å². The van der Waals surface area contributed by atoms with Gasteiger partial charge in [-0.25, -0.2) is 4.79 Å². The van der Waals surface area contributed by atoms with E-state index in [0.717, 1.165) is 25.9 Å². The van der Waals surface area contributed by atoms with E-state index in [0.29, 0.717) is 31.2 Å². The van der Waals surface area contributed by atoms with Crippen molar-refractivity contribution in [2.75, 3.05) is 26.2 Å². The number of nitrogens with zero attached hydrogens (tertiary/aromatic N) is 2.